The van der Waals surface area contributed by atoms with Gasteiger partial charge in [0.25, 0.3) is 0 Å². The number of nitrogens with one attached hydrogen (secondary N) is 3. The minimum Gasteiger partial charge on any atom is -0.453 e. The molecule has 1 aliphatic rings. The molecule has 13 nitrogen and oxygen atoms in total. The first kappa shape index (κ1) is 45.3. The van der Waals surface area contributed by atoms with Crippen molar-refractivity contribution in [1.82, 2.24) is 35.7 Å². The number of alkyl carbamates (subject to hydrolysis) is 1. The second kappa shape index (κ2) is 20.0. The lowest BCUT2D eigenvalue weighted by molar-refractivity contribution is -0.131. The van der Waals surface area contributed by atoms with Gasteiger partial charge in [0.05, 0.1) is 24.9 Å². The maximum atomic E-state index is 14.6. The maximum Gasteiger partial charge on any atom is 0.407 e. The van der Waals surface area contributed by atoms with Crippen LogP contribution in [0.5, 0.6) is 0 Å². The van der Waals surface area contributed by atoms with Crippen LogP contribution in [-0.4, -0.2) is 99.3 Å². The highest BCUT2D eigenvalue weighted by Gasteiger charge is 2.44. The lowest BCUT2D eigenvalue weighted by Crippen LogP contribution is -2.59. The summed E-state index contributed by atoms with van der Waals surface area (Å²) in [6.45, 7) is 14.4. The van der Waals surface area contributed by atoms with Gasteiger partial charge in [-0.05, 0) is 71.9 Å². The Morgan fingerprint density at radius 3 is 2.03 bits per heavy atom. The Bertz CT molecular complexity index is 2030. The van der Waals surface area contributed by atoms with Crippen LogP contribution in [0, 0.1) is 17.8 Å². The number of methoxy groups -OCH3 is 1. The fourth-order valence-electron chi connectivity index (χ4n) is 7.63. The van der Waals surface area contributed by atoms with Gasteiger partial charge in [-0.15, -0.1) is 0 Å². The van der Waals surface area contributed by atoms with E-state index in [9.17, 15) is 24.3 Å². The lowest BCUT2D eigenvalue weighted by Gasteiger charge is -2.38. The zero-order chi connectivity index (χ0) is 43.6. The maximum absolute atomic E-state index is 14.6. The smallest absolute Gasteiger partial charge is 0.407 e. The van der Waals surface area contributed by atoms with Crippen molar-refractivity contribution in [2.45, 2.75) is 105 Å². The number of nitrogens with zero attached hydrogens (tertiary/aromatic N) is 4. The Hall–Kier alpha value is -5.82. The average Bonchev–Trinajstić information content (AvgIpc) is 3.55. The molecular formula is C47H61N7O6. The van der Waals surface area contributed by atoms with E-state index < -0.39 is 53.1 Å². The second-order valence-electron chi connectivity index (χ2n) is 17.8. The van der Waals surface area contributed by atoms with E-state index in [1.807, 2.05) is 133 Å². The first-order valence-corrected chi connectivity index (χ1v) is 20.6. The summed E-state index contributed by atoms with van der Waals surface area (Å²) in [5.41, 5.74) is 4.00. The molecule has 0 bridgehead atoms. The summed E-state index contributed by atoms with van der Waals surface area (Å²) in [7, 11) is 1.24. The molecule has 0 spiro atoms. The van der Waals surface area contributed by atoms with Crippen LogP contribution in [0.3, 0.4) is 0 Å². The quantitative estimate of drug-likeness (QED) is 0.106. The number of urea groups is 1. The van der Waals surface area contributed by atoms with E-state index in [1.165, 1.54) is 7.11 Å². The Balaban J connectivity index is 1.41. The topological polar surface area (TPSA) is 166 Å². The summed E-state index contributed by atoms with van der Waals surface area (Å²) in [5.74, 6) is -0.819. The highest BCUT2D eigenvalue weighted by molar-refractivity contribution is 5.89. The second-order valence-corrected chi connectivity index (χ2v) is 17.8. The molecule has 60 heavy (non-hydrogen) atoms. The average molecular weight is 820 g/mol. The molecule has 5 rings (SSSR count). The highest BCUT2D eigenvalue weighted by atomic mass is 16.5. The molecule has 2 aromatic heterocycles. The number of aromatic nitrogens is 2. The Kier molecular flexibility index (Phi) is 15.1. The molecule has 1 saturated heterocycles. The van der Waals surface area contributed by atoms with E-state index in [0.717, 1.165) is 33.6 Å². The predicted molar refractivity (Wildman–Crippen MR) is 232 cm³/mol. The number of aryl methyl sites for hydroxylation is 1. The Morgan fingerprint density at radius 2 is 1.43 bits per heavy atom. The summed E-state index contributed by atoms with van der Waals surface area (Å²) in [4.78, 5) is 67.1. The summed E-state index contributed by atoms with van der Waals surface area (Å²) in [6, 6.07) is 23.5. The third-order valence-electron chi connectivity index (χ3n) is 10.8. The normalized spacial score (nSPS) is 15.7. The van der Waals surface area contributed by atoms with Gasteiger partial charge >= 0.3 is 12.1 Å². The molecule has 0 saturated carbocycles. The Morgan fingerprint density at radius 1 is 0.767 bits per heavy atom. The van der Waals surface area contributed by atoms with Crippen LogP contribution in [0.4, 0.5) is 9.59 Å². The van der Waals surface area contributed by atoms with Crippen molar-refractivity contribution in [3.63, 3.8) is 0 Å². The molecule has 3 heterocycles. The minimum absolute atomic E-state index is 0.0573. The van der Waals surface area contributed by atoms with Gasteiger partial charge in [0, 0.05) is 49.3 Å². The van der Waals surface area contributed by atoms with E-state index in [1.54, 1.807) is 22.2 Å². The van der Waals surface area contributed by atoms with E-state index in [4.69, 9.17) is 4.74 Å². The number of pyridine rings is 2. The number of aliphatic hydroxyl groups is 1. The fraction of sp³-hybridized carbons (Fsp3) is 0.447. The monoisotopic (exact) mass is 819 g/mol. The SMILES string of the molecule is COC(=O)N[C@H](C(=O)N[C@@H](Cc1ccc(-c2ccccn2)cc1)C[C@H](O)[C@H](Cc1ccccc1)NC(=O)[C@@H](N1CCN(Cc2ccc(C)nc2)C1=O)C(C)(C)C)C(C)(C)C. The number of hydrogen-bond acceptors (Lipinski definition) is 8. The molecule has 5 atom stereocenters. The van der Waals surface area contributed by atoms with Gasteiger partial charge in [-0.2, -0.15) is 0 Å². The van der Waals surface area contributed by atoms with Gasteiger partial charge in [0.1, 0.15) is 12.1 Å². The van der Waals surface area contributed by atoms with Crippen LogP contribution in [0.15, 0.2) is 97.3 Å². The molecule has 5 amide bonds. The van der Waals surface area contributed by atoms with Crippen LogP contribution in [0.2, 0.25) is 0 Å². The van der Waals surface area contributed by atoms with Crippen molar-refractivity contribution in [3.05, 3.63) is 120 Å². The van der Waals surface area contributed by atoms with Crippen molar-refractivity contribution < 1.29 is 29.0 Å². The molecule has 320 valence electrons. The number of hydrogen-bond donors (Lipinski definition) is 4. The molecule has 0 aliphatic carbocycles. The summed E-state index contributed by atoms with van der Waals surface area (Å²) < 4.78 is 4.84. The van der Waals surface area contributed by atoms with E-state index in [2.05, 4.69) is 25.9 Å². The molecule has 13 heteroatoms. The van der Waals surface area contributed by atoms with E-state index in [0.29, 0.717) is 32.5 Å². The third kappa shape index (κ3) is 12.4. The number of rotatable bonds is 16. The van der Waals surface area contributed by atoms with Crippen molar-refractivity contribution in [2.75, 3.05) is 20.2 Å². The van der Waals surface area contributed by atoms with E-state index >= 15 is 0 Å². The van der Waals surface area contributed by atoms with Crippen molar-refractivity contribution >= 4 is 23.9 Å². The standard InChI is InChI=1S/C47H61N7O6/c1-31-17-18-34(29-49-31)30-53-24-25-54(45(53)59)41(47(5,6)7)43(57)51-38(27-32-14-10-9-11-15-32)39(55)28-36(50-42(56)40(46(2,3)4)52-44(58)60-8)26-33-19-21-35(22-20-33)37-16-12-13-23-48-37/h9-23,29,36,38-41,55H,24-28,30H2,1-8H3,(H,50,56)(H,51,57)(H,52,58)/t36-,38-,39-,40+,41+/m0/s1. The molecule has 4 N–H and O–H groups in total. The van der Waals surface area contributed by atoms with Gasteiger partial charge < -0.3 is 35.6 Å². The zero-order valence-electron chi connectivity index (χ0n) is 36.1. The van der Waals surface area contributed by atoms with Crippen LogP contribution in [-0.2, 0) is 33.7 Å². The zero-order valence-corrected chi connectivity index (χ0v) is 36.1. The van der Waals surface area contributed by atoms with Gasteiger partial charge in [0.2, 0.25) is 11.8 Å². The predicted octanol–water partition coefficient (Wildman–Crippen LogP) is 6.08. The number of carbonyl (C=O) groups is 4. The van der Waals surface area contributed by atoms with Crippen molar-refractivity contribution in [2.24, 2.45) is 10.8 Å². The molecule has 0 radical (unpaired) electrons. The fourth-order valence-corrected chi connectivity index (χ4v) is 7.63. The molecule has 1 aliphatic heterocycles. The highest BCUT2D eigenvalue weighted by Crippen LogP contribution is 2.29. The van der Waals surface area contributed by atoms with Crippen LogP contribution in [0.1, 0.15) is 70.3 Å². The summed E-state index contributed by atoms with van der Waals surface area (Å²) in [6.07, 6.45) is 2.31. The lowest BCUT2D eigenvalue weighted by atomic mass is 9.84. The molecule has 2 aromatic carbocycles. The summed E-state index contributed by atoms with van der Waals surface area (Å²) >= 11 is 0. The van der Waals surface area contributed by atoms with Crippen LogP contribution >= 0.6 is 0 Å². The first-order chi connectivity index (χ1) is 28.4. The third-order valence-corrected chi connectivity index (χ3v) is 10.8. The molecular weight excluding hydrogens is 759 g/mol. The van der Waals surface area contributed by atoms with Gasteiger partial charge in [-0.3, -0.25) is 19.6 Å². The number of benzene rings is 2. The van der Waals surface area contributed by atoms with Gasteiger partial charge in [-0.25, -0.2) is 9.59 Å². The number of ether oxygens (including phenoxy) is 1. The first-order valence-electron chi connectivity index (χ1n) is 20.6. The van der Waals surface area contributed by atoms with Crippen molar-refractivity contribution in [1.29, 1.82) is 0 Å². The van der Waals surface area contributed by atoms with Crippen LogP contribution in [0.25, 0.3) is 11.3 Å². The number of amides is 5. The molecule has 4 aromatic rings. The van der Waals surface area contributed by atoms with Gasteiger partial charge in [-0.1, -0.05) is 108 Å². The number of aliphatic hydroxyl groups excluding tert-OH is 1. The summed E-state index contributed by atoms with van der Waals surface area (Å²) in [5, 5.41) is 21.2. The van der Waals surface area contributed by atoms with E-state index in [-0.39, 0.29) is 18.4 Å². The van der Waals surface area contributed by atoms with Crippen molar-refractivity contribution in [3.8, 4) is 11.3 Å². The minimum atomic E-state index is -1.14. The molecule has 0 unspecified atom stereocenters. The number of carbonyl (C=O) groups excluding carboxylic acids is 4. The van der Waals surface area contributed by atoms with Gasteiger partial charge in [0.15, 0.2) is 0 Å². The molecule has 1 fully saturated rings. The van der Waals surface area contributed by atoms with Crippen LogP contribution < -0.4 is 16.0 Å². The largest absolute Gasteiger partial charge is 0.453 e. The Labute approximate surface area is 354 Å².